The Labute approximate surface area is 108 Å². The van der Waals surface area contributed by atoms with Crippen molar-refractivity contribution in [3.05, 3.63) is 23.9 Å². The number of pyridine rings is 1. The summed E-state index contributed by atoms with van der Waals surface area (Å²) < 4.78 is 0. The van der Waals surface area contributed by atoms with E-state index in [2.05, 4.69) is 10.3 Å². The fourth-order valence-electron chi connectivity index (χ4n) is 3.26. The number of aliphatic hydroxyl groups is 1. The first-order valence-corrected chi connectivity index (χ1v) is 6.70. The van der Waals surface area contributed by atoms with E-state index in [4.69, 9.17) is 0 Å². The highest BCUT2D eigenvalue weighted by atomic mass is 16.3. The molecule has 4 nitrogen and oxygen atoms in total. The zero-order valence-electron chi connectivity index (χ0n) is 11.1. The number of anilines is 1. The number of nitrogens with one attached hydrogen (secondary N) is 1. The smallest absolute Gasteiger partial charge is 0.128 e. The van der Waals surface area contributed by atoms with Crippen LogP contribution in [-0.2, 0) is 5.60 Å². The molecule has 0 saturated carbocycles. The van der Waals surface area contributed by atoms with Gasteiger partial charge in [-0.1, -0.05) is 6.07 Å². The van der Waals surface area contributed by atoms with Crippen molar-refractivity contribution in [1.82, 2.24) is 10.3 Å². The molecule has 4 heteroatoms. The lowest BCUT2D eigenvalue weighted by Gasteiger charge is -2.37. The van der Waals surface area contributed by atoms with Crippen molar-refractivity contribution < 1.29 is 5.11 Å². The molecule has 2 bridgehead atoms. The van der Waals surface area contributed by atoms with E-state index in [0.29, 0.717) is 12.1 Å². The molecule has 2 aliphatic heterocycles. The summed E-state index contributed by atoms with van der Waals surface area (Å²) >= 11 is 0. The Morgan fingerprint density at radius 1 is 1.28 bits per heavy atom. The summed E-state index contributed by atoms with van der Waals surface area (Å²) in [6.07, 6.45) is 3.93. The van der Waals surface area contributed by atoms with Crippen LogP contribution in [0.15, 0.2) is 18.2 Å². The SMILES string of the molecule is CN(C)c1cccc(C2(O)CC3CCC(C2)N3)n1. The molecule has 0 aromatic carbocycles. The van der Waals surface area contributed by atoms with Crippen LogP contribution < -0.4 is 10.2 Å². The molecule has 2 aliphatic rings. The van der Waals surface area contributed by atoms with Gasteiger partial charge in [-0.05, 0) is 37.8 Å². The summed E-state index contributed by atoms with van der Waals surface area (Å²) in [6.45, 7) is 0. The number of hydrogen-bond donors (Lipinski definition) is 2. The Balaban J connectivity index is 1.91. The van der Waals surface area contributed by atoms with E-state index in [-0.39, 0.29) is 0 Å². The lowest BCUT2D eigenvalue weighted by molar-refractivity contribution is -0.0151. The van der Waals surface area contributed by atoms with Crippen molar-refractivity contribution in [3.63, 3.8) is 0 Å². The predicted octanol–water partition coefficient (Wildman–Crippen LogP) is 1.25. The molecule has 1 aromatic heterocycles. The topological polar surface area (TPSA) is 48.4 Å². The molecule has 2 unspecified atom stereocenters. The molecule has 98 valence electrons. The Kier molecular flexibility index (Phi) is 2.79. The van der Waals surface area contributed by atoms with Gasteiger partial charge >= 0.3 is 0 Å². The number of hydrogen-bond acceptors (Lipinski definition) is 4. The largest absolute Gasteiger partial charge is 0.383 e. The zero-order valence-corrected chi connectivity index (χ0v) is 11.1. The maximum atomic E-state index is 10.9. The monoisotopic (exact) mass is 247 g/mol. The number of aromatic nitrogens is 1. The maximum Gasteiger partial charge on any atom is 0.128 e. The normalized spacial score (nSPS) is 34.6. The van der Waals surface area contributed by atoms with Gasteiger partial charge in [0.05, 0.1) is 5.69 Å². The quantitative estimate of drug-likeness (QED) is 0.826. The van der Waals surface area contributed by atoms with E-state index in [1.165, 1.54) is 12.8 Å². The maximum absolute atomic E-state index is 10.9. The molecule has 2 N–H and O–H groups in total. The molecule has 2 fully saturated rings. The van der Waals surface area contributed by atoms with Gasteiger partial charge in [-0.2, -0.15) is 0 Å². The van der Waals surface area contributed by atoms with E-state index in [1.807, 2.05) is 37.2 Å². The standard InChI is InChI=1S/C14H21N3O/c1-17(2)13-5-3-4-12(16-13)14(18)8-10-6-7-11(9-14)15-10/h3-5,10-11,15,18H,6-9H2,1-2H3. The molecule has 0 aliphatic carbocycles. The molecule has 0 amide bonds. The molecule has 0 spiro atoms. The fraction of sp³-hybridized carbons (Fsp3) is 0.643. The Morgan fingerprint density at radius 3 is 2.56 bits per heavy atom. The molecular weight excluding hydrogens is 226 g/mol. The number of nitrogens with zero attached hydrogens (tertiary/aromatic N) is 2. The van der Waals surface area contributed by atoms with Crippen molar-refractivity contribution in [3.8, 4) is 0 Å². The van der Waals surface area contributed by atoms with Crippen LogP contribution in [0.5, 0.6) is 0 Å². The molecular formula is C14H21N3O. The van der Waals surface area contributed by atoms with Crippen LogP contribution in [-0.4, -0.2) is 36.3 Å². The summed E-state index contributed by atoms with van der Waals surface area (Å²) in [5, 5.41) is 14.5. The third kappa shape index (κ3) is 1.99. The van der Waals surface area contributed by atoms with Crippen LogP contribution in [0.4, 0.5) is 5.82 Å². The van der Waals surface area contributed by atoms with Crippen LogP contribution in [0, 0.1) is 0 Å². The van der Waals surface area contributed by atoms with E-state index in [9.17, 15) is 5.11 Å². The Bertz CT molecular complexity index is 434. The van der Waals surface area contributed by atoms with Crippen LogP contribution in [0.1, 0.15) is 31.4 Å². The van der Waals surface area contributed by atoms with Gasteiger partial charge in [0.1, 0.15) is 11.4 Å². The van der Waals surface area contributed by atoms with Crippen molar-refractivity contribution in [2.24, 2.45) is 0 Å². The summed E-state index contributed by atoms with van der Waals surface area (Å²) in [5.74, 6) is 0.909. The average Bonchev–Trinajstić information content (AvgIpc) is 2.69. The molecule has 3 heterocycles. The minimum absolute atomic E-state index is 0.457. The molecule has 1 aromatic rings. The van der Waals surface area contributed by atoms with E-state index in [1.54, 1.807) is 0 Å². The first kappa shape index (κ1) is 11.9. The number of rotatable bonds is 2. The summed E-state index contributed by atoms with van der Waals surface area (Å²) in [4.78, 5) is 6.59. The van der Waals surface area contributed by atoms with E-state index < -0.39 is 5.60 Å². The van der Waals surface area contributed by atoms with Crippen LogP contribution in [0.3, 0.4) is 0 Å². The van der Waals surface area contributed by atoms with Crippen molar-refractivity contribution in [2.45, 2.75) is 43.4 Å². The highest BCUT2D eigenvalue weighted by Gasteiger charge is 2.44. The number of piperidine rings is 1. The molecule has 18 heavy (non-hydrogen) atoms. The highest BCUT2D eigenvalue weighted by Crippen LogP contribution is 2.40. The third-order valence-corrected chi connectivity index (χ3v) is 4.17. The first-order chi connectivity index (χ1) is 8.57. The van der Waals surface area contributed by atoms with Crippen molar-refractivity contribution in [1.29, 1.82) is 0 Å². The molecule has 0 radical (unpaired) electrons. The minimum Gasteiger partial charge on any atom is -0.383 e. The average molecular weight is 247 g/mol. The van der Waals surface area contributed by atoms with Gasteiger partial charge in [0, 0.05) is 26.2 Å². The van der Waals surface area contributed by atoms with E-state index >= 15 is 0 Å². The Morgan fingerprint density at radius 2 is 1.94 bits per heavy atom. The second-order valence-corrected chi connectivity index (χ2v) is 5.85. The van der Waals surface area contributed by atoms with E-state index in [0.717, 1.165) is 24.4 Å². The van der Waals surface area contributed by atoms with Gasteiger partial charge < -0.3 is 15.3 Å². The fourth-order valence-corrected chi connectivity index (χ4v) is 3.26. The van der Waals surface area contributed by atoms with Crippen molar-refractivity contribution >= 4 is 5.82 Å². The highest BCUT2D eigenvalue weighted by molar-refractivity contribution is 5.38. The third-order valence-electron chi connectivity index (χ3n) is 4.17. The van der Waals surface area contributed by atoms with Crippen molar-refractivity contribution in [2.75, 3.05) is 19.0 Å². The summed E-state index contributed by atoms with van der Waals surface area (Å²) in [6, 6.07) is 6.83. The molecule has 3 rings (SSSR count). The van der Waals surface area contributed by atoms with Gasteiger partial charge in [0.25, 0.3) is 0 Å². The molecule has 2 saturated heterocycles. The zero-order chi connectivity index (χ0) is 12.8. The van der Waals surface area contributed by atoms with Gasteiger partial charge in [-0.25, -0.2) is 4.98 Å². The first-order valence-electron chi connectivity index (χ1n) is 6.70. The molecule has 2 atom stereocenters. The summed E-state index contributed by atoms with van der Waals surface area (Å²) in [5.41, 5.74) is 0.0791. The lowest BCUT2D eigenvalue weighted by Crippen LogP contribution is -2.47. The van der Waals surface area contributed by atoms with Gasteiger partial charge in [-0.15, -0.1) is 0 Å². The van der Waals surface area contributed by atoms with Gasteiger partial charge in [-0.3, -0.25) is 0 Å². The predicted molar refractivity (Wildman–Crippen MR) is 71.6 cm³/mol. The minimum atomic E-state index is -0.747. The van der Waals surface area contributed by atoms with Crippen LogP contribution in [0.25, 0.3) is 0 Å². The second-order valence-electron chi connectivity index (χ2n) is 5.85. The summed E-state index contributed by atoms with van der Waals surface area (Å²) in [7, 11) is 3.95. The van der Waals surface area contributed by atoms with Gasteiger partial charge in [0.2, 0.25) is 0 Å². The second kappa shape index (κ2) is 4.21. The van der Waals surface area contributed by atoms with Crippen LogP contribution >= 0.6 is 0 Å². The Hall–Kier alpha value is -1.13. The van der Waals surface area contributed by atoms with Crippen LogP contribution in [0.2, 0.25) is 0 Å². The van der Waals surface area contributed by atoms with Gasteiger partial charge in [0.15, 0.2) is 0 Å². The lowest BCUT2D eigenvalue weighted by atomic mass is 9.84. The number of fused-ring (bicyclic) bond motifs is 2.